The second-order valence-electron chi connectivity index (χ2n) is 5.06. The Hall–Kier alpha value is -3.07. The minimum atomic E-state index is -0.873. The van der Waals surface area contributed by atoms with Gasteiger partial charge in [0.15, 0.2) is 16.7 Å². The van der Waals surface area contributed by atoms with Crippen LogP contribution in [0.2, 0.25) is 0 Å². The van der Waals surface area contributed by atoms with Crippen LogP contribution in [-0.4, -0.2) is 26.7 Å². The zero-order valence-electron chi connectivity index (χ0n) is 12.4. The van der Waals surface area contributed by atoms with E-state index in [-0.39, 0.29) is 11.3 Å². The maximum Gasteiger partial charge on any atom is 0.296 e. The van der Waals surface area contributed by atoms with Gasteiger partial charge in [-0.2, -0.15) is 0 Å². The quantitative estimate of drug-likeness (QED) is 0.673. The Bertz CT molecular complexity index is 858. The number of carbonyl (C=O) groups is 2. The largest absolute Gasteiger partial charge is 0.503 e. The summed E-state index contributed by atoms with van der Waals surface area (Å²) in [5, 5.41) is 22.9. The summed E-state index contributed by atoms with van der Waals surface area (Å²) in [6.45, 7) is 1.25. The molecule has 0 spiro atoms. The van der Waals surface area contributed by atoms with Crippen LogP contribution in [0.15, 0.2) is 47.2 Å². The number of anilines is 1. The minimum absolute atomic E-state index is 0.0518. The van der Waals surface area contributed by atoms with Crippen LogP contribution >= 0.6 is 11.3 Å². The fourth-order valence-electron chi connectivity index (χ4n) is 2.59. The monoisotopic (exact) mass is 345 g/mol. The van der Waals surface area contributed by atoms with E-state index in [0.29, 0.717) is 10.7 Å². The number of thiazole rings is 1. The number of amides is 1. The van der Waals surface area contributed by atoms with E-state index < -0.39 is 28.4 Å². The first-order chi connectivity index (χ1) is 11.4. The van der Waals surface area contributed by atoms with Crippen molar-refractivity contribution < 1.29 is 19.6 Å². The molecule has 0 saturated heterocycles. The van der Waals surface area contributed by atoms with Crippen molar-refractivity contribution in [3.63, 3.8) is 0 Å². The van der Waals surface area contributed by atoms with E-state index in [1.54, 1.807) is 5.38 Å². The van der Waals surface area contributed by atoms with Crippen molar-refractivity contribution in [3.05, 3.63) is 62.9 Å². The first-order valence-corrected chi connectivity index (χ1v) is 7.71. The number of rotatable bonds is 4. The number of ketones is 1. The molecule has 1 aliphatic rings. The number of nitrogens with zero attached hydrogens (tertiary/aromatic N) is 3. The average molecular weight is 345 g/mol. The molecule has 24 heavy (non-hydrogen) atoms. The third-order valence-electron chi connectivity index (χ3n) is 3.63. The summed E-state index contributed by atoms with van der Waals surface area (Å²) in [4.78, 5) is 39.9. The Labute approximate surface area is 139 Å². The highest BCUT2D eigenvalue weighted by molar-refractivity contribution is 7.13. The lowest BCUT2D eigenvalue weighted by Crippen LogP contribution is -2.30. The summed E-state index contributed by atoms with van der Waals surface area (Å²) in [5.74, 6) is -1.80. The Balaban J connectivity index is 2.13. The second-order valence-corrected chi connectivity index (χ2v) is 5.93. The molecule has 2 heterocycles. The van der Waals surface area contributed by atoms with Gasteiger partial charge in [-0.15, -0.1) is 11.3 Å². The van der Waals surface area contributed by atoms with Crippen molar-refractivity contribution in [3.8, 4) is 0 Å². The van der Waals surface area contributed by atoms with E-state index in [1.165, 1.54) is 53.6 Å². The zero-order valence-corrected chi connectivity index (χ0v) is 13.2. The summed E-state index contributed by atoms with van der Waals surface area (Å²) in [5.41, 5.74) is 0.309. The number of hydrogen-bond donors (Lipinski definition) is 1. The molecule has 1 aliphatic heterocycles. The Morgan fingerprint density at radius 1 is 1.38 bits per heavy atom. The number of aliphatic hydroxyl groups excluding tert-OH is 1. The second kappa shape index (κ2) is 5.85. The lowest BCUT2D eigenvalue weighted by atomic mass is 9.97. The molecule has 1 amide bonds. The maximum atomic E-state index is 12.4. The molecule has 0 aliphatic carbocycles. The van der Waals surface area contributed by atoms with Crippen LogP contribution in [0.5, 0.6) is 0 Å². The molecule has 1 atom stereocenters. The maximum absolute atomic E-state index is 12.4. The van der Waals surface area contributed by atoms with Gasteiger partial charge in [0.1, 0.15) is 0 Å². The zero-order chi connectivity index (χ0) is 17.4. The van der Waals surface area contributed by atoms with Crippen LogP contribution in [-0.2, 0) is 9.59 Å². The topological polar surface area (TPSA) is 114 Å². The van der Waals surface area contributed by atoms with Crippen molar-refractivity contribution >= 4 is 33.8 Å². The van der Waals surface area contributed by atoms with Crippen molar-refractivity contribution in [1.82, 2.24) is 4.98 Å². The smallest absolute Gasteiger partial charge is 0.296 e. The van der Waals surface area contributed by atoms with Gasteiger partial charge >= 0.3 is 0 Å². The van der Waals surface area contributed by atoms with Gasteiger partial charge in [-0.1, -0.05) is 0 Å². The number of nitro benzene ring substituents is 1. The Morgan fingerprint density at radius 2 is 2.04 bits per heavy atom. The van der Waals surface area contributed by atoms with Gasteiger partial charge < -0.3 is 5.11 Å². The molecule has 0 saturated carbocycles. The molecule has 0 unspecified atom stereocenters. The van der Waals surface area contributed by atoms with Crippen LogP contribution in [0.25, 0.3) is 0 Å². The van der Waals surface area contributed by atoms with Crippen LogP contribution in [0.4, 0.5) is 10.8 Å². The fraction of sp³-hybridized carbons (Fsp3) is 0.133. The van der Waals surface area contributed by atoms with Crippen molar-refractivity contribution in [2.24, 2.45) is 0 Å². The van der Waals surface area contributed by atoms with Gasteiger partial charge in [-0.3, -0.25) is 24.6 Å². The average Bonchev–Trinajstić information content (AvgIpc) is 3.15. The molecule has 8 nitrogen and oxygen atoms in total. The predicted octanol–water partition coefficient (Wildman–Crippen LogP) is 2.54. The predicted molar refractivity (Wildman–Crippen MR) is 85.8 cm³/mol. The molecule has 0 fully saturated rings. The van der Waals surface area contributed by atoms with Gasteiger partial charge in [0, 0.05) is 23.7 Å². The standard InChI is InChI=1S/C15H11N3O5S/c1-8(19)11-12(9-2-4-10(5-3-9)18(22)23)17(14(21)13(11)20)15-16-6-7-24-15/h2-7,12,20H,1H3/t12-/m0/s1. The number of aliphatic hydroxyl groups is 1. The van der Waals surface area contributed by atoms with E-state index in [1.807, 2.05) is 0 Å². The number of nitro groups is 1. The highest BCUT2D eigenvalue weighted by atomic mass is 32.1. The molecule has 1 N–H and O–H groups in total. The molecule has 122 valence electrons. The third-order valence-corrected chi connectivity index (χ3v) is 4.40. The number of Topliss-reactive ketones (excluding diaryl/α,β-unsaturated/α-hetero) is 1. The fourth-order valence-corrected chi connectivity index (χ4v) is 3.26. The lowest BCUT2D eigenvalue weighted by molar-refractivity contribution is -0.384. The Kier molecular flexibility index (Phi) is 3.86. The minimum Gasteiger partial charge on any atom is -0.503 e. The van der Waals surface area contributed by atoms with Gasteiger partial charge in [0.25, 0.3) is 11.6 Å². The van der Waals surface area contributed by atoms with Crippen LogP contribution in [0, 0.1) is 10.1 Å². The van der Waals surface area contributed by atoms with E-state index in [0.717, 1.165) is 0 Å². The van der Waals surface area contributed by atoms with E-state index in [9.17, 15) is 24.8 Å². The first-order valence-electron chi connectivity index (χ1n) is 6.83. The molecule has 9 heteroatoms. The number of carbonyl (C=O) groups excluding carboxylic acids is 2. The van der Waals surface area contributed by atoms with E-state index in [4.69, 9.17) is 0 Å². The van der Waals surface area contributed by atoms with Crippen LogP contribution in [0.3, 0.4) is 0 Å². The molecule has 1 aromatic heterocycles. The van der Waals surface area contributed by atoms with Crippen molar-refractivity contribution in [2.45, 2.75) is 13.0 Å². The third kappa shape index (κ3) is 2.44. The summed E-state index contributed by atoms with van der Waals surface area (Å²) in [6, 6.07) is 4.61. The number of non-ortho nitro benzene ring substituents is 1. The highest BCUT2D eigenvalue weighted by Gasteiger charge is 2.44. The summed E-state index contributed by atoms with van der Waals surface area (Å²) >= 11 is 1.18. The van der Waals surface area contributed by atoms with Crippen molar-refractivity contribution in [2.75, 3.05) is 4.90 Å². The van der Waals surface area contributed by atoms with E-state index in [2.05, 4.69) is 4.98 Å². The Morgan fingerprint density at radius 3 is 2.54 bits per heavy atom. The van der Waals surface area contributed by atoms with Gasteiger partial charge in [0.05, 0.1) is 16.5 Å². The molecule has 0 bridgehead atoms. The molecular weight excluding hydrogens is 334 g/mol. The summed E-state index contributed by atoms with van der Waals surface area (Å²) < 4.78 is 0. The summed E-state index contributed by atoms with van der Waals surface area (Å²) in [6.07, 6.45) is 1.50. The molecular formula is C15H11N3O5S. The van der Waals surface area contributed by atoms with Crippen LogP contribution < -0.4 is 4.90 Å². The summed E-state index contributed by atoms with van der Waals surface area (Å²) in [7, 11) is 0. The number of benzene rings is 1. The number of hydrogen-bond acceptors (Lipinski definition) is 7. The molecule has 3 rings (SSSR count). The highest BCUT2D eigenvalue weighted by Crippen LogP contribution is 2.41. The number of aromatic nitrogens is 1. The van der Waals surface area contributed by atoms with Gasteiger partial charge in [0.2, 0.25) is 0 Å². The SMILES string of the molecule is CC(=O)C1=C(O)C(=O)N(c2nccs2)[C@H]1c1ccc([N+](=O)[O-])cc1. The first kappa shape index (κ1) is 15.8. The lowest BCUT2D eigenvalue weighted by Gasteiger charge is -2.23. The molecule has 1 aromatic carbocycles. The molecule has 2 aromatic rings. The van der Waals surface area contributed by atoms with E-state index >= 15 is 0 Å². The van der Waals surface area contributed by atoms with Crippen LogP contribution in [0.1, 0.15) is 18.5 Å². The normalized spacial score (nSPS) is 17.5. The van der Waals surface area contributed by atoms with Gasteiger partial charge in [-0.05, 0) is 24.6 Å². The molecule has 0 radical (unpaired) electrons. The van der Waals surface area contributed by atoms with Gasteiger partial charge in [-0.25, -0.2) is 4.98 Å². The van der Waals surface area contributed by atoms with Crippen molar-refractivity contribution in [1.29, 1.82) is 0 Å².